The van der Waals surface area contributed by atoms with Crippen molar-refractivity contribution in [3.8, 4) is 0 Å². The summed E-state index contributed by atoms with van der Waals surface area (Å²) in [7, 11) is 0. The van der Waals surface area contributed by atoms with Gasteiger partial charge in [-0.2, -0.15) is 0 Å². The average molecular weight is 217 g/mol. The Balaban J connectivity index is 1.90. The molecule has 1 fully saturated rings. The molecule has 84 valence electrons. The van der Waals surface area contributed by atoms with Gasteiger partial charge in [-0.05, 0) is 18.4 Å². The molecular formula is C13H15NO2. The molecule has 1 aromatic carbocycles. The van der Waals surface area contributed by atoms with E-state index in [4.69, 9.17) is 0 Å². The van der Waals surface area contributed by atoms with Crippen molar-refractivity contribution in [2.45, 2.75) is 31.7 Å². The largest absolute Gasteiger partial charge is 0.346 e. The standard InChI is InChI=1S/C13H15NO2/c15-12-8-9-13(16)14-11(12)7-6-10-4-2-1-3-5-10/h1-5,11H,6-9H2,(H,14,16)/t11-/m1/s1. The number of carbonyl (C=O) groups is 2. The van der Waals surface area contributed by atoms with E-state index in [-0.39, 0.29) is 17.7 Å². The van der Waals surface area contributed by atoms with E-state index in [9.17, 15) is 9.59 Å². The highest BCUT2D eigenvalue weighted by Crippen LogP contribution is 2.11. The molecule has 1 aliphatic heterocycles. The normalized spacial score (nSPS) is 20.6. The monoisotopic (exact) mass is 217 g/mol. The number of Topliss-reactive ketones (excluding diaryl/α,β-unsaturated/α-hetero) is 1. The van der Waals surface area contributed by atoms with E-state index >= 15 is 0 Å². The molecule has 2 rings (SSSR count). The molecule has 0 aromatic heterocycles. The van der Waals surface area contributed by atoms with Crippen molar-refractivity contribution >= 4 is 11.7 Å². The van der Waals surface area contributed by atoms with Crippen molar-refractivity contribution in [1.82, 2.24) is 5.32 Å². The maximum absolute atomic E-state index is 11.5. The van der Waals surface area contributed by atoms with Gasteiger partial charge >= 0.3 is 0 Å². The zero-order chi connectivity index (χ0) is 11.4. The molecule has 0 aliphatic carbocycles. The number of rotatable bonds is 3. The third kappa shape index (κ3) is 2.69. The van der Waals surface area contributed by atoms with Crippen molar-refractivity contribution in [3.05, 3.63) is 35.9 Å². The molecule has 0 unspecified atom stereocenters. The smallest absolute Gasteiger partial charge is 0.221 e. The highest BCUT2D eigenvalue weighted by molar-refractivity contribution is 5.95. The molecule has 1 saturated heterocycles. The van der Waals surface area contributed by atoms with Crippen molar-refractivity contribution in [1.29, 1.82) is 0 Å². The summed E-state index contributed by atoms with van der Waals surface area (Å²) in [4.78, 5) is 22.7. The van der Waals surface area contributed by atoms with Gasteiger partial charge < -0.3 is 5.32 Å². The zero-order valence-corrected chi connectivity index (χ0v) is 9.11. The lowest BCUT2D eigenvalue weighted by atomic mass is 9.96. The summed E-state index contributed by atoms with van der Waals surface area (Å²) >= 11 is 0. The van der Waals surface area contributed by atoms with Gasteiger partial charge in [0.1, 0.15) is 0 Å². The highest BCUT2D eigenvalue weighted by Gasteiger charge is 2.25. The van der Waals surface area contributed by atoms with Crippen LogP contribution in [0.1, 0.15) is 24.8 Å². The summed E-state index contributed by atoms with van der Waals surface area (Å²) in [6.07, 6.45) is 2.28. The fourth-order valence-electron chi connectivity index (χ4n) is 1.95. The second kappa shape index (κ2) is 4.92. The van der Waals surface area contributed by atoms with Gasteiger partial charge in [0, 0.05) is 12.8 Å². The molecule has 0 radical (unpaired) electrons. The summed E-state index contributed by atoms with van der Waals surface area (Å²) in [6.45, 7) is 0. The van der Waals surface area contributed by atoms with Gasteiger partial charge in [-0.15, -0.1) is 0 Å². The molecule has 16 heavy (non-hydrogen) atoms. The Labute approximate surface area is 94.9 Å². The Morgan fingerprint density at radius 2 is 1.88 bits per heavy atom. The lowest BCUT2D eigenvalue weighted by molar-refractivity contribution is -0.132. The van der Waals surface area contributed by atoms with E-state index in [0.29, 0.717) is 19.3 Å². The molecule has 0 saturated carbocycles. The van der Waals surface area contributed by atoms with Crippen LogP contribution < -0.4 is 5.32 Å². The Morgan fingerprint density at radius 1 is 1.12 bits per heavy atom. The minimum Gasteiger partial charge on any atom is -0.346 e. The molecule has 1 atom stereocenters. The van der Waals surface area contributed by atoms with Gasteiger partial charge in [0.15, 0.2) is 5.78 Å². The highest BCUT2D eigenvalue weighted by atomic mass is 16.2. The molecule has 1 aromatic rings. The van der Waals surface area contributed by atoms with Gasteiger partial charge in [-0.25, -0.2) is 0 Å². The molecule has 1 heterocycles. The maximum Gasteiger partial charge on any atom is 0.221 e. The lowest BCUT2D eigenvalue weighted by Gasteiger charge is -2.21. The van der Waals surface area contributed by atoms with E-state index in [1.807, 2.05) is 30.3 Å². The van der Waals surface area contributed by atoms with Gasteiger partial charge in [0.25, 0.3) is 0 Å². The van der Waals surface area contributed by atoms with Crippen LogP contribution in [0.3, 0.4) is 0 Å². The number of ketones is 1. The molecule has 1 amide bonds. The SMILES string of the molecule is O=C1CCC(=O)[C@@H](CCc2ccccc2)N1. The summed E-state index contributed by atoms with van der Waals surface area (Å²) in [6, 6.07) is 9.73. The average Bonchev–Trinajstić information content (AvgIpc) is 2.32. The Morgan fingerprint density at radius 3 is 2.62 bits per heavy atom. The fraction of sp³-hybridized carbons (Fsp3) is 0.385. The van der Waals surface area contributed by atoms with Crippen molar-refractivity contribution in [2.75, 3.05) is 0 Å². The van der Waals surface area contributed by atoms with E-state index in [1.165, 1.54) is 5.56 Å². The number of amides is 1. The van der Waals surface area contributed by atoms with E-state index in [1.54, 1.807) is 0 Å². The van der Waals surface area contributed by atoms with Crippen molar-refractivity contribution in [3.63, 3.8) is 0 Å². The van der Waals surface area contributed by atoms with Crippen LogP contribution in [0.15, 0.2) is 30.3 Å². The molecule has 1 aliphatic rings. The number of piperidine rings is 1. The van der Waals surface area contributed by atoms with Gasteiger partial charge in [0.2, 0.25) is 5.91 Å². The summed E-state index contributed by atoms with van der Waals surface area (Å²) < 4.78 is 0. The van der Waals surface area contributed by atoms with Crippen LogP contribution in [0.25, 0.3) is 0 Å². The minimum atomic E-state index is -0.276. The van der Waals surface area contributed by atoms with Crippen LogP contribution in [-0.4, -0.2) is 17.7 Å². The Kier molecular flexibility index (Phi) is 3.34. The predicted octanol–water partition coefficient (Wildman–Crippen LogP) is 1.47. The first-order valence-electron chi connectivity index (χ1n) is 5.62. The van der Waals surface area contributed by atoms with E-state index in [2.05, 4.69) is 5.32 Å². The first-order chi connectivity index (χ1) is 7.75. The summed E-state index contributed by atoms with van der Waals surface area (Å²) in [5.41, 5.74) is 1.20. The molecular weight excluding hydrogens is 202 g/mol. The molecule has 0 spiro atoms. The first kappa shape index (κ1) is 10.9. The number of hydrogen-bond acceptors (Lipinski definition) is 2. The van der Waals surface area contributed by atoms with Crippen LogP contribution >= 0.6 is 0 Å². The third-order valence-corrected chi connectivity index (χ3v) is 2.89. The molecule has 3 heteroatoms. The topological polar surface area (TPSA) is 46.2 Å². The third-order valence-electron chi connectivity index (χ3n) is 2.89. The van der Waals surface area contributed by atoms with Gasteiger partial charge in [0.05, 0.1) is 6.04 Å². The number of aryl methyl sites for hydroxylation is 1. The second-order valence-corrected chi connectivity index (χ2v) is 4.11. The van der Waals surface area contributed by atoms with Crippen LogP contribution in [0.4, 0.5) is 0 Å². The van der Waals surface area contributed by atoms with Crippen LogP contribution in [0.2, 0.25) is 0 Å². The maximum atomic E-state index is 11.5. The first-order valence-corrected chi connectivity index (χ1v) is 5.62. The zero-order valence-electron chi connectivity index (χ0n) is 9.11. The van der Waals surface area contributed by atoms with Gasteiger partial charge in [-0.1, -0.05) is 30.3 Å². The molecule has 3 nitrogen and oxygen atoms in total. The van der Waals surface area contributed by atoms with E-state index < -0.39 is 0 Å². The van der Waals surface area contributed by atoms with Crippen molar-refractivity contribution in [2.24, 2.45) is 0 Å². The quantitative estimate of drug-likeness (QED) is 0.833. The van der Waals surface area contributed by atoms with Crippen LogP contribution in [0.5, 0.6) is 0 Å². The number of nitrogens with one attached hydrogen (secondary N) is 1. The summed E-state index contributed by atoms with van der Waals surface area (Å²) in [5, 5.41) is 2.75. The Bertz CT molecular complexity index is 386. The van der Waals surface area contributed by atoms with Crippen LogP contribution in [-0.2, 0) is 16.0 Å². The Hall–Kier alpha value is -1.64. The predicted molar refractivity (Wildman–Crippen MR) is 60.9 cm³/mol. The minimum absolute atomic E-state index is 0.00217. The van der Waals surface area contributed by atoms with Crippen LogP contribution in [0, 0.1) is 0 Å². The molecule has 0 bridgehead atoms. The molecule has 1 N–H and O–H groups in total. The second-order valence-electron chi connectivity index (χ2n) is 4.11. The fourth-order valence-corrected chi connectivity index (χ4v) is 1.95. The number of hydrogen-bond donors (Lipinski definition) is 1. The lowest BCUT2D eigenvalue weighted by Crippen LogP contribution is -2.45. The summed E-state index contributed by atoms with van der Waals surface area (Å²) in [5.74, 6) is 0.160. The van der Waals surface area contributed by atoms with E-state index in [0.717, 1.165) is 6.42 Å². The van der Waals surface area contributed by atoms with Gasteiger partial charge in [-0.3, -0.25) is 9.59 Å². The van der Waals surface area contributed by atoms with Crippen molar-refractivity contribution < 1.29 is 9.59 Å². The number of benzene rings is 1. The number of carbonyl (C=O) groups excluding carboxylic acids is 2.